The Balaban J connectivity index is 1.92. The smallest absolute Gasteiger partial charge is 0.267 e. The number of benzene rings is 2. The van der Waals surface area contributed by atoms with E-state index < -0.39 is 5.91 Å². The fourth-order valence-corrected chi connectivity index (χ4v) is 2.35. The van der Waals surface area contributed by atoms with Crippen LogP contribution in [0.25, 0.3) is 0 Å². The Bertz CT molecular complexity index is 854. The van der Waals surface area contributed by atoms with Gasteiger partial charge in [0.25, 0.3) is 5.91 Å². The molecule has 26 heavy (non-hydrogen) atoms. The Morgan fingerprint density at radius 2 is 2.12 bits per heavy atom. The van der Waals surface area contributed by atoms with Gasteiger partial charge in [-0.3, -0.25) is 4.79 Å². The molecule has 0 radical (unpaired) electrons. The molecule has 0 aromatic heterocycles. The van der Waals surface area contributed by atoms with Crippen LogP contribution in [0.15, 0.2) is 54.2 Å². The first kappa shape index (κ1) is 18.9. The summed E-state index contributed by atoms with van der Waals surface area (Å²) in [4.78, 5) is 12.2. The Morgan fingerprint density at radius 1 is 1.31 bits per heavy atom. The summed E-state index contributed by atoms with van der Waals surface area (Å²) in [5.41, 5.74) is 2.32. The number of hydrogen-bond acceptors (Lipinski definition) is 5. The average Bonchev–Trinajstić information content (AvgIpc) is 2.64. The molecule has 6 nitrogen and oxygen atoms in total. The van der Waals surface area contributed by atoms with Gasteiger partial charge in [-0.25, -0.2) is 0 Å². The molecule has 0 saturated heterocycles. The van der Waals surface area contributed by atoms with Crippen molar-refractivity contribution < 1.29 is 14.6 Å². The van der Waals surface area contributed by atoms with E-state index in [4.69, 9.17) is 4.74 Å². The number of nitriles is 1. The van der Waals surface area contributed by atoms with Crippen LogP contribution in [0.5, 0.6) is 11.5 Å². The minimum Gasteiger partial charge on any atom is -0.508 e. The van der Waals surface area contributed by atoms with Gasteiger partial charge in [0, 0.05) is 18.4 Å². The number of nitrogens with zero attached hydrogens (tertiary/aromatic N) is 1. The largest absolute Gasteiger partial charge is 0.508 e. The van der Waals surface area contributed by atoms with Crippen LogP contribution in [0.1, 0.15) is 11.1 Å². The topological polar surface area (TPSA) is 94.4 Å². The second-order valence-corrected chi connectivity index (χ2v) is 5.68. The Kier molecular flexibility index (Phi) is 6.63. The molecule has 0 atom stereocenters. The van der Waals surface area contributed by atoms with Crippen molar-refractivity contribution >= 4 is 11.6 Å². The molecule has 0 spiro atoms. The van der Waals surface area contributed by atoms with Gasteiger partial charge in [-0.1, -0.05) is 12.1 Å². The molecule has 0 fully saturated rings. The van der Waals surface area contributed by atoms with Crippen LogP contribution < -0.4 is 15.4 Å². The number of phenols is 1. The number of carbonyl (C=O) groups excluding carboxylic acids is 1. The number of phenolic OH excluding ortho intramolecular Hbond substituents is 1. The van der Waals surface area contributed by atoms with Crippen molar-refractivity contribution in [2.75, 3.05) is 19.0 Å². The summed E-state index contributed by atoms with van der Waals surface area (Å²) in [7, 11) is 1.62. The van der Waals surface area contributed by atoms with Crippen LogP contribution >= 0.6 is 0 Å². The van der Waals surface area contributed by atoms with Crippen molar-refractivity contribution in [2.24, 2.45) is 0 Å². The molecule has 0 aliphatic rings. The standard InChI is InChI=1S/C20H21N3O3/c1-14-10-17(24)6-7-19(14)23-20(25)16(12-21)13-22-9-8-15-4-3-5-18(11-15)26-2/h3-7,10-11,13,22,24H,8-9H2,1-2H3,(H,23,25)/b16-13-. The van der Waals surface area contributed by atoms with E-state index in [9.17, 15) is 15.2 Å². The fourth-order valence-electron chi connectivity index (χ4n) is 2.35. The first-order valence-electron chi connectivity index (χ1n) is 8.11. The summed E-state index contributed by atoms with van der Waals surface area (Å²) in [5, 5.41) is 24.3. The van der Waals surface area contributed by atoms with Crippen molar-refractivity contribution in [1.82, 2.24) is 5.32 Å². The lowest BCUT2D eigenvalue weighted by Crippen LogP contribution is -2.18. The van der Waals surface area contributed by atoms with E-state index in [0.717, 1.165) is 17.7 Å². The lowest BCUT2D eigenvalue weighted by Gasteiger charge is -2.08. The molecule has 0 aliphatic carbocycles. The maximum atomic E-state index is 12.2. The normalized spacial score (nSPS) is 10.7. The highest BCUT2D eigenvalue weighted by Gasteiger charge is 2.10. The number of amides is 1. The molecule has 3 N–H and O–H groups in total. The third-order valence-electron chi connectivity index (χ3n) is 3.76. The Labute approximate surface area is 152 Å². The molecule has 0 bridgehead atoms. The monoisotopic (exact) mass is 351 g/mol. The molecule has 0 aliphatic heterocycles. The van der Waals surface area contributed by atoms with E-state index in [2.05, 4.69) is 10.6 Å². The predicted molar refractivity (Wildman–Crippen MR) is 99.9 cm³/mol. The molecule has 0 saturated carbocycles. The van der Waals surface area contributed by atoms with Gasteiger partial charge in [-0.2, -0.15) is 5.26 Å². The predicted octanol–water partition coefficient (Wildman–Crippen LogP) is 2.89. The van der Waals surface area contributed by atoms with Gasteiger partial charge in [0.2, 0.25) is 0 Å². The number of ether oxygens (including phenoxy) is 1. The van der Waals surface area contributed by atoms with Crippen LogP contribution in [0, 0.1) is 18.3 Å². The summed E-state index contributed by atoms with van der Waals surface area (Å²) in [6.07, 6.45) is 2.14. The maximum absolute atomic E-state index is 12.2. The number of aromatic hydroxyl groups is 1. The minimum atomic E-state index is -0.504. The SMILES string of the molecule is COc1cccc(CCN/C=C(/C#N)C(=O)Nc2ccc(O)cc2C)c1. The molecule has 2 aromatic rings. The number of nitrogens with one attached hydrogen (secondary N) is 2. The van der Waals surface area contributed by atoms with Crippen molar-refractivity contribution in [1.29, 1.82) is 5.26 Å². The van der Waals surface area contributed by atoms with E-state index in [0.29, 0.717) is 17.8 Å². The van der Waals surface area contributed by atoms with Gasteiger partial charge in [0.05, 0.1) is 7.11 Å². The number of anilines is 1. The van der Waals surface area contributed by atoms with Crippen LogP contribution in [0.4, 0.5) is 5.69 Å². The zero-order valence-electron chi connectivity index (χ0n) is 14.7. The highest BCUT2D eigenvalue weighted by atomic mass is 16.5. The first-order valence-corrected chi connectivity index (χ1v) is 8.11. The third-order valence-corrected chi connectivity index (χ3v) is 3.76. The average molecular weight is 351 g/mol. The molecular weight excluding hydrogens is 330 g/mol. The van der Waals surface area contributed by atoms with Gasteiger partial charge in [0.15, 0.2) is 0 Å². The summed E-state index contributed by atoms with van der Waals surface area (Å²) in [5.74, 6) is 0.408. The molecule has 0 unspecified atom stereocenters. The van der Waals surface area contributed by atoms with E-state index in [1.807, 2.05) is 30.3 Å². The number of aryl methyl sites for hydroxylation is 1. The molecule has 0 heterocycles. The van der Waals surface area contributed by atoms with Gasteiger partial charge in [0.1, 0.15) is 23.1 Å². The van der Waals surface area contributed by atoms with Gasteiger partial charge in [-0.05, 0) is 54.8 Å². The van der Waals surface area contributed by atoms with Crippen LogP contribution in [0.3, 0.4) is 0 Å². The second kappa shape index (κ2) is 9.14. The van der Waals surface area contributed by atoms with E-state index >= 15 is 0 Å². The molecule has 2 rings (SSSR count). The maximum Gasteiger partial charge on any atom is 0.267 e. The number of methoxy groups -OCH3 is 1. The van der Waals surface area contributed by atoms with Crippen LogP contribution in [0.2, 0.25) is 0 Å². The zero-order chi connectivity index (χ0) is 18.9. The number of carbonyl (C=O) groups is 1. The molecule has 1 amide bonds. The van der Waals surface area contributed by atoms with Crippen molar-refractivity contribution in [3.05, 3.63) is 65.4 Å². The first-order chi connectivity index (χ1) is 12.5. The summed E-state index contributed by atoms with van der Waals surface area (Å²) in [6.45, 7) is 2.33. The molecular formula is C20H21N3O3. The van der Waals surface area contributed by atoms with E-state index in [1.165, 1.54) is 18.3 Å². The summed E-state index contributed by atoms with van der Waals surface area (Å²) >= 11 is 0. The van der Waals surface area contributed by atoms with Crippen molar-refractivity contribution in [3.63, 3.8) is 0 Å². The van der Waals surface area contributed by atoms with Crippen LogP contribution in [-0.4, -0.2) is 24.7 Å². The molecule has 134 valence electrons. The quantitative estimate of drug-likeness (QED) is 0.309. The molecule has 2 aromatic carbocycles. The van der Waals surface area contributed by atoms with Gasteiger partial charge < -0.3 is 20.5 Å². The third kappa shape index (κ3) is 5.28. The lowest BCUT2D eigenvalue weighted by molar-refractivity contribution is -0.112. The number of rotatable bonds is 7. The minimum absolute atomic E-state index is 0.0249. The Hall–Kier alpha value is -3.46. The zero-order valence-corrected chi connectivity index (χ0v) is 14.7. The second-order valence-electron chi connectivity index (χ2n) is 5.68. The van der Waals surface area contributed by atoms with Gasteiger partial charge >= 0.3 is 0 Å². The lowest BCUT2D eigenvalue weighted by atomic mass is 10.1. The number of hydrogen-bond donors (Lipinski definition) is 3. The van der Waals surface area contributed by atoms with Crippen LogP contribution in [-0.2, 0) is 11.2 Å². The highest BCUT2D eigenvalue weighted by molar-refractivity contribution is 6.06. The molecule has 6 heteroatoms. The van der Waals surface area contributed by atoms with Crippen molar-refractivity contribution in [3.8, 4) is 17.6 Å². The van der Waals surface area contributed by atoms with E-state index in [1.54, 1.807) is 20.1 Å². The fraction of sp³-hybridized carbons (Fsp3) is 0.200. The summed E-state index contributed by atoms with van der Waals surface area (Å²) in [6, 6.07) is 14.2. The van der Waals surface area contributed by atoms with Gasteiger partial charge in [-0.15, -0.1) is 0 Å². The Morgan fingerprint density at radius 3 is 2.81 bits per heavy atom. The van der Waals surface area contributed by atoms with E-state index in [-0.39, 0.29) is 11.3 Å². The van der Waals surface area contributed by atoms with Crippen molar-refractivity contribution in [2.45, 2.75) is 13.3 Å². The highest BCUT2D eigenvalue weighted by Crippen LogP contribution is 2.20. The summed E-state index contributed by atoms with van der Waals surface area (Å²) < 4.78 is 5.18.